The van der Waals surface area contributed by atoms with Gasteiger partial charge < -0.3 is 9.47 Å². The minimum atomic E-state index is 0.110. The molecule has 0 radical (unpaired) electrons. The zero-order valence-corrected chi connectivity index (χ0v) is 16.2. The lowest BCUT2D eigenvalue weighted by atomic mass is 9.90. The molecule has 1 aromatic heterocycles. The molecule has 0 spiro atoms. The van der Waals surface area contributed by atoms with E-state index in [1.165, 1.54) is 5.56 Å². The number of rotatable bonds is 8. The van der Waals surface area contributed by atoms with Gasteiger partial charge in [-0.05, 0) is 31.4 Å². The summed E-state index contributed by atoms with van der Waals surface area (Å²) in [6, 6.07) is 12.0. The Hall–Kier alpha value is -2.40. The van der Waals surface area contributed by atoms with Crippen LogP contribution in [0.3, 0.4) is 0 Å². The molecular formula is C22H28N2O3. The highest BCUT2D eigenvalue weighted by Crippen LogP contribution is 2.31. The van der Waals surface area contributed by atoms with Gasteiger partial charge in [0.15, 0.2) is 11.5 Å². The monoisotopic (exact) mass is 368 g/mol. The molecule has 1 fully saturated rings. The van der Waals surface area contributed by atoms with Gasteiger partial charge in [-0.25, -0.2) is 0 Å². The molecule has 0 aliphatic carbocycles. The third kappa shape index (κ3) is 5.07. The quantitative estimate of drug-likeness (QED) is 0.714. The Morgan fingerprint density at radius 1 is 1.19 bits per heavy atom. The number of nitrogens with zero attached hydrogens (tertiary/aromatic N) is 2. The van der Waals surface area contributed by atoms with Crippen LogP contribution in [0.1, 0.15) is 30.5 Å². The molecule has 1 aliphatic rings. The number of methoxy groups -OCH3 is 2. The molecule has 3 rings (SSSR count). The molecule has 0 N–H and O–H groups in total. The Kier molecular flexibility index (Phi) is 6.82. The molecule has 5 heteroatoms. The number of carbonyl (C=O) groups is 1. The van der Waals surface area contributed by atoms with Gasteiger partial charge in [0.2, 0.25) is 0 Å². The van der Waals surface area contributed by atoms with Gasteiger partial charge in [0.25, 0.3) is 0 Å². The lowest BCUT2D eigenvalue weighted by Gasteiger charge is -2.32. The van der Waals surface area contributed by atoms with Crippen molar-refractivity contribution in [2.24, 2.45) is 5.92 Å². The van der Waals surface area contributed by atoms with Crippen LogP contribution in [0.4, 0.5) is 0 Å². The summed E-state index contributed by atoms with van der Waals surface area (Å²) in [7, 11) is 3.26. The van der Waals surface area contributed by atoms with E-state index < -0.39 is 0 Å². The highest BCUT2D eigenvalue weighted by Gasteiger charge is 2.26. The Morgan fingerprint density at radius 2 is 2.00 bits per heavy atom. The van der Waals surface area contributed by atoms with Crippen LogP contribution < -0.4 is 9.47 Å². The summed E-state index contributed by atoms with van der Waals surface area (Å²) < 4.78 is 10.9. The van der Waals surface area contributed by atoms with Crippen molar-refractivity contribution in [3.05, 3.63) is 53.9 Å². The number of likely N-dealkylation sites (tertiary alicyclic amines) is 1. The van der Waals surface area contributed by atoms with Crippen molar-refractivity contribution in [3.8, 4) is 11.5 Å². The summed E-state index contributed by atoms with van der Waals surface area (Å²) in [6.07, 6.45) is 5.19. The normalized spacial score (nSPS) is 17.5. The number of carbonyl (C=O) groups excluding carboxylic acids is 1. The molecule has 1 aliphatic heterocycles. The number of aryl methyl sites for hydroxylation is 1. The highest BCUT2D eigenvalue weighted by atomic mass is 16.5. The predicted molar refractivity (Wildman–Crippen MR) is 105 cm³/mol. The van der Waals surface area contributed by atoms with Gasteiger partial charge in [-0.1, -0.05) is 30.3 Å². The van der Waals surface area contributed by atoms with Crippen molar-refractivity contribution in [3.63, 3.8) is 0 Å². The van der Waals surface area contributed by atoms with Crippen LogP contribution in [0.5, 0.6) is 11.5 Å². The van der Waals surface area contributed by atoms with Gasteiger partial charge in [-0.15, -0.1) is 0 Å². The first-order valence-electron chi connectivity index (χ1n) is 9.56. The van der Waals surface area contributed by atoms with Crippen LogP contribution in [0.2, 0.25) is 0 Å². The number of hydrogen-bond donors (Lipinski definition) is 0. The molecule has 1 atom stereocenters. The zero-order chi connectivity index (χ0) is 19.1. The summed E-state index contributed by atoms with van der Waals surface area (Å²) in [4.78, 5) is 19.5. The number of Topliss-reactive ketones (excluding diaryl/α,β-unsaturated/α-hetero) is 1. The summed E-state index contributed by atoms with van der Waals surface area (Å²) in [5, 5.41) is 0. The number of benzene rings is 1. The van der Waals surface area contributed by atoms with Crippen LogP contribution in [-0.4, -0.2) is 43.0 Å². The smallest absolute Gasteiger partial charge is 0.183 e. The Labute approximate surface area is 161 Å². The van der Waals surface area contributed by atoms with E-state index in [4.69, 9.17) is 9.47 Å². The van der Waals surface area contributed by atoms with Crippen molar-refractivity contribution in [1.29, 1.82) is 0 Å². The first-order valence-corrected chi connectivity index (χ1v) is 9.56. The molecule has 0 saturated carbocycles. The number of ether oxygens (including phenoxy) is 2. The first kappa shape index (κ1) is 19.4. The Bertz CT molecular complexity index is 748. The topological polar surface area (TPSA) is 51.7 Å². The molecule has 0 amide bonds. The van der Waals surface area contributed by atoms with Crippen molar-refractivity contribution in [2.45, 2.75) is 32.2 Å². The molecule has 1 unspecified atom stereocenters. The fourth-order valence-corrected chi connectivity index (χ4v) is 3.75. The van der Waals surface area contributed by atoms with E-state index in [1.54, 1.807) is 26.5 Å². The second-order valence-corrected chi connectivity index (χ2v) is 7.02. The van der Waals surface area contributed by atoms with Crippen LogP contribution in [0.25, 0.3) is 0 Å². The third-order valence-electron chi connectivity index (χ3n) is 5.20. The number of hydrogen-bond acceptors (Lipinski definition) is 5. The van der Waals surface area contributed by atoms with Gasteiger partial charge in [-0.2, -0.15) is 0 Å². The van der Waals surface area contributed by atoms with Gasteiger partial charge in [0, 0.05) is 37.7 Å². The summed E-state index contributed by atoms with van der Waals surface area (Å²) >= 11 is 0. The van der Waals surface area contributed by atoms with E-state index in [0.717, 1.165) is 38.0 Å². The second kappa shape index (κ2) is 9.51. The standard InChI is InChI=1S/C22H28N2O3/c1-26-21-12-13-23-19(22(21)27-2)16-24-14-6-9-18(15-24)20(25)11-10-17-7-4-3-5-8-17/h3-5,7-8,12-13,18H,6,9-11,14-16H2,1-2H3. The van der Waals surface area contributed by atoms with E-state index in [2.05, 4.69) is 22.0 Å². The number of piperidine rings is 1. The second-order valence-electron chi connectivity index (χ2n) is 7.02. The third-order valence-corrected chi connectivity index (χ3v) is 5.20. The van der Waals surface area contributed by atoms with Crippen molar-refractivity contribution < 1.29 is 14.3 Å². The van der Waals surface area contributed by atoms with E-state index >= 15 is 0 Å². The van der Waals surface area contributed by atoms with E-state index in [9.17, 15) is 4.79 Å². The summed E-state index contributed by atoms with van der Waals surface area (Å²) in [5.41, 5.74) is 2.08. The average molecular weight is 368 g/mol. The first-order chi connectivity index (χ1) is 13.2. The predicted octanol–water partition coefficient (Wildman–Crippen LogP) is 3.51. The van der Waals surface area contributed by atoms with E-state index in [-0.39, 0.29) is 5.92 Å². The van der Waals surface area contributed by atoms with Crippen molar-refractivity contribution in [2.75, 3.05) is 27.3 Å². The molecule has 5 nitrogen and oxygen atoms in total. The fourth-order valence-electron chi connectivity index (χ4n) is 3.75. The Balaban J connectivity index is 1.58. The van der Waals surface area contributed by atoms with Gasteiger partial charge >= 0.3 is 0 Å². The molecule has 0 bridgehead atoms. The van der Waals surface area contributed by atoms with Crippen LogP contribution in [0, 0.1) is 5.92 Å². The fraction of sp³-hybridized carbons (Fsp3) is 0.455. The number of aromatic nitrogens is 1. The maximum atomic E-state index is 12.7. The largest absolute Gasteiger partial charge is 0.493 e. The molecule has 2 aromatic rings. The highest BCUT2D eigenvalue weighted by molar-refractivity contribution is 5.81. The maximum absolute atomic E-state index is 12.7. The minimum absolute atomic E-state index is 0.110. The summed E-state index contributed by atoms with van der Waals surface area (Å²) in [5.74, 6) is 1.85. The molecule has 27 heavy (non-hydrogen) atoms. The molecule has 2 heterocycles. The number of pyridine rings is 1. The lowest BCUT2D eigenvalue weighted by molar-refractivity contribution is -0.124. The maximum Gasteiger partial charge on any atom is 0.183 e. The van der Waals surface area contributed by atoms with Gasteiger partial charge in [0.05, 0.1) is 14.2 Å². The SMILES string of the molecule is COc1ccnc(CN2CCCC(C(=O)CCc3ccccc3)C2)c1OC. The van der Waals surface area contributed by atoms with Crippen LogP contribution in [0.15, 0.2) is 42.6 Å². The number of ketones is 1. The van der Waals surface area contributed by atoms with E-state index in [1.807, 2.05) is 18.2 Å². The average Bonchev–Trinajstić information content (AvgIpc) is 2.72. The summed E-state index contributed by atoms with van der Waals surface area (Å²) in [6.45, 7) is 2.43. The van der Waals surface area contributed by atoms with Crippen molar-refractivity contribution in [1.82, 2.24) is 9.88 Å². The van der Waals surface area contributed by atoms with E-state index in [0.29, 0.717) is 30.2 Å². The molecule has 144 valence electrons. The zero-order valence-electron chi connectivity index (χ0n) is 16.2. The van der Waals surface area contributed by atoms with Gasteiger partial charge in [0.1, 0.15) is 11.5 Å². The van der Waals surface area contributed by atoms with Crippen molar-refractivity contribution >= 4 is 5.78 Å². The minimum Gasteiger partial charge on any atom is -0.493 e. The molecule has 1 aromatic carbocycles. The molecule has 1 saturated heterocycles. The van der Waals surface area contributed by atoms with Crippen LogP contribution in [-0.2, 0) is 17.8 Å². The lowest BCUT2D eigenvalue weighted by Crippen LogP contribution is -2.38. The Morgan fingerprint density at radius 3 is 2.74 bits per heavy atom. The van der Waals surface area contributed by atoms with Crippen LogP contribution >= 0.6 is 0 Å². The molecular weight excluding hydrogens is 340 g/mol. The van der Waals surface area contributed by atoms with Gasteiger partial charge in [-0.3, -0.25) is 14.7 Å².